The van der Waals surface area contributed by atoms with Crippen molar-refractivity contribution in [1.82, 2.24) is 10.2 Å². The highest BCUT2D eigenvalue weighted by Crippen LogP contribution is 2.31. The van der Waals surface area contributed by atoms with E-state index in [0.29, 0.717) is 17.5 Å². The third kappa shape index (κ3) is 4.77. The molecule has 0 aromatic rings. The zero-order valence-electron chi connectivity index (χ0n) is 13.7. The molecule has 2 nitrogen and oxygen atoms in total. The average molecular weight is 287 g/mol. The highest BCUT2D eigenvalue weighted by molar-refractivity contribution is 6.25. The second-order valence-electron chi connectivity index (χ2n) is 8.09. The van der Waals surface area contributed by atoms with Gasteiger partial charge in [-0.05, 0) is 23.3 Å². The zero-order valence-corrected chi connectivity index (χ0v) is 14.4. The van der Waals surface area contributed by atoms with Crippen molar-refractivity contribution in [3.05, 3.63) is 11.1 Å². The van der Waals surface area contributed by atoms with Gasteiger partial charge in [0.05, 0.1) is 0 Å². The minimum atomic E-state index is 0.280. The number of nitrogens with one attached hydrogen (secondary N) is 1. The highest BCUT2D eigenvalue weighted by Gasteiger charge is 2.38. The molecule has 2 unspecified atom stereocenters. The molecule has 1 fully saturated rings. The van der Waals surface area contributed by atoms with Gasteiger partial charge in [0.25, 0.3) is 0 Å². The molecule has 3 heteroatoms. The molecule has 1 aliphatic heterocycles. The normalized spacial score (nSPS) is 27.7. The molecule has 112 valence electrons. The van der Waals surface area contributed by atoms with E-state index in [0.717, 1.165) is 19.6 Å². The van der Waals surface area contributed by atoms with E-state index in [4.69, 9.17) is 11.6 Å². The van der Waals surface area contributed by atoms with Crippen LogP contribution < -0.4 is 5.32 Å². The molecule has 1 heterocycles. The Bertz CT molecular complexity index is 323. The van der Waals surface area contributed by atoms with E-state index in [-0.39, 0.29) is 5.41 Å². The first-order valence-electron chi connectivity index (χ1n) is 7.29. The molecule has 0 amide bonds. The quantitative estimate of drug-likeness (QED) is 0.829. The molecule has 0 saturated carbocycles. The van der Waals surface area contributed by atoms with Gasteiger partial charge in [-0.2, -0.15) is 0 Å². The Labute approximate surface area is 124 Å². The molecule has 0 spiro atoms. The van der Waals surface area contributed by atoms with Gasteiger partial charge in [0.15, 0.2) is 0 Å². The maximum atomic E-state index is 5.86. The molecule has 19 heavy (non-hydrogen) atoms. The number of hydrogen-bond donors (Lipinski definition) is 1. The van der Waals surface area contributed by atoms with Crippen LogP contribution in [0.25, 0.3) is 0 Å². The molecule has 1 aliphatic rings. The second-order valence-corrected chi connectivity index (χ2v) is 8.31. The van der Waals surface area contributed by atoms with Crippen LogP contribution in [0.4, 0.5) is 0 Å². The van der Waals surface area contributed by atoms with Crippen LogP contribution in [-0.4, -0.2) is 36.6 Å². The fourth-order valence-electron chi connectivity index (χ4n) is 2.77. The van der Waals surface area contributed by atoms with Crippen molar-refractivity contribution in [2.24, 2.45) is 10.8 Å². The average Bonchev–Trinajstić information content (AvgIpc) is 2.26. The van der Waals surface area contributed by atoms with Crippen LogP contribution in [0.3, 0.4) is 0 Å². The summed E-state index contributed by atoms with van der Waals surface area (Å²) in [5.41, 5.74) is 3.53. The molecule has 0 radical (unpaired) electrons. The van der Waals surface area contributed by atoms with E-state index in [1.54, 1.807) is 5.54 Å². The lowest BCUT2D eigenvalue weighted by Gasteiger charge is -2.49. The monoisotopic (exact) mass is 286 g/mol. The van der Waals surface area contributed by atoms with E-state index < -0.39 is 0 Å². The lowest BCUT2D eigenvalue weighted by atomic mass is 9.79. The smallest absolute Gasteiger partial charge is 0.0273 e. The topological polar surface area (TPSA) is 15.3 Å². The Morgan fingerprint density at radius 2 is 1.79 bits per heavy atom. The van der Waals surface area contributed by atoms with E-state index in [2.05, 4.69) is 58.7 Å². The molecular formula is C16H31ClN2. The summed E-state index contributed by atoms with van der Waals surface area (Å²) in [6.45, 7) is 19.1. The van der Waals surface area contributed by atoms with Gasteiger partial charge in [-0.1, -0.05) is 53.1 Å². The predicted molar refractivity (Wildman–Crippen MR) is 85.7 cm³/mol. The summed E-state index contributed by atoms with van der Waals surface area (Å²) in [5.74, 6) is 0. The standard InChI is InChI=1S/C16H31ClN2/c1-12(8-17)10-19-11-13(15(2,3)4)18-9-14(19)16(5,6)7/h8,13-14,18H,9-11H2,1-7H3. The van der Waals surface area contributed by atoms with Crippen molar-refractivity contribution >= 4 is 11.6 Å². The summed E-state index contributed by atoms with van der Waals surface area (Å²) in [6, 6.07) is 1.09. The number of nitrogens with zero attached hydrogens (tertiary/aromatic N) is 1. The number of hydrogen-bond acceptors (Lipinski definition) is 2. The predicted octanol–water partition coefficient (Wildman–Crippen LogP) is 3.86. The lowest BCUT2D eigenvalue weighted by molar-refractivity contribution is 0.0373. The Balaban J connectivity index is 2.86. The van der Waals surface area contributed by atoms with Gasteiger partial charge in [0.1, 0.15) is 0 Å². The first-order valence-corrected chi connectivity index (χ1v) is 7.72. The summed E-state index contributed by atoms with van der Waals surface area (Å²) < 4.78 is 0. The fourth-order valence-corrected chi connectivity index (χ4v) is 2.84. The van der Waals surface area contributed by atoms with Gasteiger partial charge < -0.3 is 5.32 Å². The van der Waals surface area contributed by atoms with Gasteiger partial charge in [-0.3, -0.25) is 4.90 Å². The minimum absolute atomic E-state index is 0.280. The van der Waals surface area contributed by atoms with Gasteiger partial charge in [-0.25, -0.2) is 0 Å². The van der Waals surface area contributed by atoms with Crippen molar-refractivity contribution < 1.29 is 0 Å². The Morgan fingerprint density at radius 1 is 1.21 bits per heavy atom. The molecule has 2 atom stereocenters. The molecule has 1 saturated heterocycles. The Morgan fingerprint density at radius 3 is 2.21 bits per heavy atom. The van der Waals surface area contributed by atoms with Crippen LogP contribution >= 0.6 is 11.6 Å². The molecule has 1 N–H and O–H groups in total. The number of halogens is 1. The van der Waals surface area contributed by atoms with Gasteiger partial charge in [0, 0.05) is 37.3 Å². The van der Waals surface area contributed by atoms with Crippen LogP contribution in [0.15, 0.2) is 11.1 Å². The van der Waals surface area contributed by atoms with Crippen LogP contribution in [0.2, 0.25) is 0 Å². The summed E-state index contributed by atoms with van der Waals surface area (Å²) in [7, 11) is 0. The van der Waals surface area contributed by atoms with Crippen molar-refractivity contribution in [3.63, 3.8) is 0 Å². The van der Waals surface area contributed by atoms with E-state index in [1.165, 1.54) is 5.57 Å². The number of piperazine rings is 1. The fraction of sp³-hybridized carbons (Fsp3) is 0.875. The first-order chi connectivity index (χ1) is 8.55. The van der Waals surface area contributed by atoms with Gasteiger partial charge >= 0.3 is 0 Å². The lowest BCUT2D eigenvalue weighted by Crippen LogP contribution is -2.63. The van der Waals surface area contributed by atoms with E-state index in [1.807, 2.05) is 0 Å². The van der Waals surface area contributed by atoms with Gasteiger partial charge in [0.2, 0.25) is 0 Å². The summed E-state index contributed by atoms with van der Waals surface area (Å²) in [6.07, 6.45) is 0. The molecule has 0 aliphatic carbocycles. The molecule has 0 aromatic carbocycles. The third-order valence-electron chi connectivity index (χ3n) is 4.10. The van der Waals surface area contributed by atoms with Crippen molar-refractivity contribution in [2.75, 3.05) is 19.6 Å². The molecule has 1 rings (SSSR count). The Kier molecular flexibility index (Phi) is 5.51. The maximum Gasteiger partial charge on any atom is 0.0273 e. The second kappa shape index (κ2) is 6.15. The van der Waals surface area contributed by atoms with Crippen LogP contribution in [-0.2, 0) is 0 Å². The Hall–Kier alpha value is -0.0500. The van der Waals surface area contributed by atoms with Crippen LogP contribution in [0.1, 0.15) is 48.5 Å². The van der Waals surface area contributed by atoms with Crippen LogP contribution in [0.5, 0.6) is 0 Å². The number of rotatable bonds is 2. The zero-order chi connectivity index (χ0) is 14.8. The highest BCUT2D eigenvalue weighted by atomic mass is 35.5. The van der Waals surface area contributed by atoms with Crippen molar-refractivity contribution in [2.45, 2.75) is 60.5 Å². The molecule has 0 bridgehead atoms. The van der Waals surface area contributed by atoms with Crippen molar-refractivity contribution in [3.8, 4) is 0 Å². The largest absolute Gasteiger partial charge is 0.311 e. The van der Waals surface area contributed by atoms with Gasteiger partial charge in [-0.15, -0.1) is 0 Å². The van der Waals surface area contributed by atoms with Crippen LogP contribution in [0, 0.1) is 10.8 Å². The first kappa shape index (κ1) is 17.0. The summed E-state index contributed by atoms with van der Waals surface area (Å²) in [4.78, 5) is 2.60. The maximum absolute atomic E-state index is 5.86. The molecule has 0 aromatic heterocycles. The van der Waals surface area contributed by atoms with E-state index in [9.17, 15) is 0 Å². The summed E-state index contributed by atoms with van der Waals surface area (Å²) in [5, 5.41) is 3.74. The minimum Gasteiger partial charge on any atom is -0.311 e. The third-order valence-corrected chi connectivity index (χ3v) is 4.47. The SMILES string of the molecule is CC(=CCl)CN1CC(C(C)(C)C)NCC1C(C)(C)C. The summed E-state index contributed by atoms with van der Waals surface area (Å²) >= 11 is 5.86. The molecular weight excluding hydrogens is 256 g/mol. The van der Waals surface area contributed by atoms with Crippen molar-refractivity contribution in [1.29, 1.82) is 0 Å². The van der Waals surface area contributed by atoms with E-state index >= 15 is 0 Å².